The molecule has 2 rings (SSSR count). The molecule has 1 heterocycles. The van der Waals surface area contributed by atoms with E-state index in [1.165, 1.54) is 0 Å². The summed E-state index contributed by atoms with van der Waals surface area (Å²) in [5.74, 6) is 0. The van der Waals surface area contributed by atoms with Gasteiger partial charge in [0.1, 0.15) is 6.17 Å². The maximum atomic E-state index is 13.9. The van der Waals surface area contributed by atoms with Crippen molar-refractivity contribution in [3.63, 3.8) is 0 Å². The fourth-order valence-electron chi connectivity index (χ4n) is 1.75. The lowest BCUT2D eigenvalue weighted by atomic mass is 10.0. The van der Waals surface area contributed by atoms with Crippen LogP contribution in [0.3, 0.4) is 0 Å². The number of halogens is 1. The van der Waals surface area contributed by atoms with Gasteiger partial charge in [-0.3, -0.25) is 0 Å². The van der Waals surface area contributed by atoms with Crippen LogP contribution in [-0.2, 0) is 0 Å². The number of alkyl halides is 1. The minimum atomic E-state index is -0.913. The second kappa shape index (κ2) is 4.53. The van der Waals surface area contributed by atoms with Gasteiger partial charge < -0.3 is 10.6 Å². The predicted octanol–water partition coefficient (Wildman–Crippen LogP) is 1.26. The van der Waals surface area contributed by atoms with Crippen LogP contribution in [0.4, 0.5) is 4.39 Å². The standard InChI is InChI=1S/C11H15FN2/c12-11(9-4-2-1-3-5-9)10-8-13-6-7-14-10/h1-5,10-11,13-14H,6-8H2/t10-,11?/m0/s1. The average molecular weight is 194 g/mol. The highest BCUT2D eigenvalue weighted by molar-refractivity contribution is 5.19. The number of benzene rings is 1. The molecule has 3 heteroatoms. The molecule has 2 N–H and O–H groups in total. The third kappa shape index (κ3) is 2.11. The Labute approximate surface area is 83.5 Å². The molecule has 0 spiro atoms. The Balaban J connectivity index is 2.03. The number of piperazine rings is 1. The summed E-state index contributed by atoms with van der Waals surface area (Å²) < 4.78 is 13.9. The SMILES string of the molecule is FC(c1ccccc1)[C@@H]1CNCCN1. The third-order valence-corrected chi connectivity index (χ3v) is 2.54. The molecular formula is C11H15FN2. The van der Waals surface area contributed by atoms with Gasteiger partial charge in [0.25, 0.3) is 0 Å². The van der Waals surface area contributed by atoms with Crippen LogP contribution in [0.25, 0.3) is 0 Å². The summed E-state index contributed by atoms with van der Waals surface area (Å²) in [7, 11) is 0. The van der Waals surface area contributed by atoms with Crippen LogP contribution in [0.5, 0.6) is 0 Å². The zero-order valence-corrected chi connectivity index (χ0v) is 8.04. The van der Waals surface area contributed by atoms with Gasteiger partial charge in [-0.15, -0.1) is 0 Å². The summed E-state index contributed by atoms with van der Waals surface area (Å²) in [5, 5.41) is 6.36. The zero-order chi connectivity index (χ0) is 9.80. The van der Waals surface area contributed by atoms with Crippen LogP contribution >= 0.6 is 0 Å². The van der Waals surface area contributed by atoms with Crippen LogP contribution in [0, 0.1) is 0 Å². The maximum absolute atomic E-state index is 13.9. The number of hydrogen-bond donors (Lipinski definition) is 2. The van der Waals surface area contributed by atoms with E-state index in [-0.39, 0.29) is 6.04 Å². The van der Waals surface area contributed by atoms with E-state index in [0.29, 0.717) is 6.54 Å². The Morgan fingerprint density at radius 1 is 1.21 bits per heavy atom. The lowest BCUT2D eigenvalue weighted by molar-refractivity contribution is 0.231. The van der Waals surface area contributed by atoms with Crippen LogP contribution in [0.15, 0.2) is 30.3 Å². The van der Waals surface area contributed by atoms with E-state index < -0.39 is 6.17 Å². The van der Waals surface area contributed by atoms with Crippen molar-refractivity contribution >= 4 is 0 Å². The van der Waals surface area contributed by atoms with E-state index in [1.807, 2.05) is 30.3 Å². The predicted molar refractivity (Wildman–Crippen MR) is 55.0 cm³/mol. The Morgan fingerprint density at radius 3 is 2.64 bits per heavy atom. The molecule has 0 radical (unpaired) electrons. The summed E-state index contributed by atoms with van der Waals surface area (Å²) in [4.78, 5) is 0. The molecule has 1 saturated heterocycles. The van der Waals surface area contributed by atoms with Crippen molar-refractivity contribution < 1.29 is 4.39 Å². The molecule has 0 aromatic heterocycles. The van der Waals surface area contributed by atoms with E-state index in [4.69, 9.17) is 0 Å². The largest absolute Gasteiger partial charge is 0.314 e. The average Bonchev–Trinajstić information content (AvgIpc) is 2.30. The quantitative estimate of drug-likeness (QED) is 0.740. The fourth-order valence-corrected chi connectivity index (χ4v) is 1.75. The summed E-state index contributed by atoms with van der Waals surface area (Å²) >= 11 is 0. The molecule has 1 aromatic carbocycles. The summed E-state index contributed by atoms with van der Waals surface area (Å²) in [6.45, 7) is 2.48. The van der Waals surface area contributed by atoms with E-state index in [1.54, 1.807) is 0 Å². The Bertz CT molecular complexity index is 270. The van der Waals surface area contributed by atoms with Crippen molar-refractivity contribution in [1.29, 1.82) is 0 Å². The monoisotopic (exact) mass is 194 g/mol. The summed E-state index contributed by atoms with van der Waals surface area (Å²) in [5.41, 5.74) is 0.758. The van der Waals surface area contributed by atoms with Crippen LogP contribution < -0.4 is 10.6 Å². The Morgan fingerprint density at radius 2 is 2.00 bits per heavy atom. The van der Waals surface area contributed by atoms with Gasteiger partial charge in [0.15, 0.2) is 0 Å². The van der Waals surface area contributed by atoms with Gasteiger partial charge in [0.2, 0.25) is 0 Å². The zero-order valence-electron chi connectivity index (χ0n) is 8.04. The highest BCUT2D eigenvalue weighted by Crippen LogP contribution is 2.21. The summed E-state index contributed by atoms with van der Waals surface area (Å²) in [6, 6.07) is 9.23. The van der Waals surface area contributed by atoms with Crippen LogP contribution in [0.2, 0.25) is 0 Å². The van der Waals surface area contributed by atoms with Crippen LogP contribution in [-0.4, -0.2) is 25.7 Å². The third-order valence-electron chi connectivity index (χ3n) is 2.54. The highest BCUT2D eigenvalue weighted by atomic mass is 19.1. The molecule has 1 unspecified atom stereocenters. The van der Waals surface area contributed by atoms with Gasteiger partial charge >= 0.3 is 0 Å². The number of nitrogens with one attached hydrogen (secondary N) is 2. The molecule has 2 nitrogen and oxygen atoms in total. The molecule has 0 saturated carbocycles. The molecule has 2 atom stereocenters. The van der Waals surface area contributed by atoms with Gasteiger partial charge in [0.05, 0.1) is 6.04 Å². The van der Waals surface area contributed by atoms with Crippen molar-refractivity contribution in [3.8, 4) is 0 Å². The second-order valence-corrected chi connectivity index (χ2v) is 3.58. The molecule has 76 valence electrons. The number of hydrogen-bond acceptors (Lipinski definition) is 2. The Kier molecular flexibility index (Phi) is 3.11. The normalized spacial score (nSPS) is 24.5. The van der Waals surface area contributed by atoms with Crippen LogP contribution in [0.1, 0.15) is 11.7 Å². The highest BCUT2D eigenvalue weighted by Gasteiger charge is 2.23. The first-order valence-corrected chi connectivity index (χ1v) is 5.01. The summed E-state index contributed by atoms with van der Waals surface area (Å²) in [6.07, 6.45) is -0.913. The first-order chi connectivity index (χ1) is 6.88. The molecule has 14 heavy (non-hydrogen) atoms. The molecule has 0 bridgehead atoms. The van der Waals surface area contributed by atoms with Crippen molar-refractivity contribution in [2.45, 2.75) is 12.2 Å². The second-order valence-electron chi connectivity index (χ2n) is 3.58. The Hall–Kier alpha value is -0.930. The molecule has 1 fully saturated rings. The molecule has 0 amide bonds. The molecule has 1 aliphatic rings. The lowest BCUT2D eigenvalue weighted by Gasteiger charge is -2.27. The van der Waals surface area contributed by atoms with Crippen molar-refractivity contribution in [3.05, 3.63) is 35.9 Å². The first-order valence-electron chi connectivity index (χ1n) is 5.01. The minimum Gasteiger partial charge on any atom is -0.314 e. The van der Waals surface area contributed by atoms with Gasteiger partial charge in [-0.2, -0.15) is 0 Å². The molecule has 1 aromatic rings. The maximum Gasteiger partial charge on any atom is 0.142 e. The van der Waals surface area contributed by atoms with Gasteiger partial charge in [-0.1, -0.05) is 30.3 Å². The smallest absolute Gasteiger partial charge is 0.142 e. The van der Waals surface area contributed by atoms with Gasteiger partial charge in [-0.05, 0) is 5.56 Å². The van der Waals surface area contributed by atoms with Gasteiger partial charge in [-0.25, -0.2) is 4.39 Å². The fraction of sp³-hybridized carbons (Fsp3) is 0.455. The van der Waals surface area contributed by atoms with E-state index in [0.717, 1.165) is 18.7 Å². The van der Waals surface area contributed by atoms with E-state index in [2.05, 4.69) is 10.6 Å². The minimum absolute atomic E-state index is 0.0915. The van der Waals surface area contributed by atoms with Crippen molar-refractivity contribution in [1.82, 2.24) is 10.6 Å². The topological polar surface area (TPSA) is 24.1 Å². The first kappa shape index (κ1) is 9.62. The van der Waals surface area contributed by atoms with E-state index in [9.17, 15) is 4.39 Å². The van der Waals surface area contributed by atoms with E-state index >= 15 is 0 Å². The van der Waals surface area contributed by atoms with Gasteiger partial charge in [0, 0.05) is 19.6 Å². The number of rotatable bonds is 2. The molecule has 1 aliphatic heterocycles. The lowest BCUT2D eigenvalue weighted by Crippen LogP contribution is -2.50. The molecule has 0 aliphatic carbocycles. The molecular weight excluding hydrogens is 179 g/mol. The van der Waals surface area contributed by atoms with Crippen molar-refractivity contribution in [2.75, 3.05) is 19.6 Å². The van der Waals surface area contributed by atoms with Crippen molar-refractivity contribution in [2.24, 2.45) is 0 Å².